The van der Waals surface area contributed by atoms with E-state index < -0.39 is 0 Å². The van der Waals surface area contributed by atoms with Crippen LogP contribution in [0.15, 0.2) is 73.1 Å². The molecule has 2 aromatic carbocycles. The van der Waals surface area contributed by atoms with Crippen LogP contribution in [-0.4, -0.2) is 5.91 Å². The van der Waals surface area contributed by atoms with Gasteiger partial charge < -0.3 is 10.1 Å². The number of pyridine rings is 1. The SMILES string of the molecule is C[C@@H](C(=O)Nc1ccc(Oc2ccccc2)cc1)[n+]1ccc2c(c1)CCCC2. The molecular formula is C24H25N2O2+. The highest BCUT2D eigenvalue weighted by Gasteiger charge is 2.24. The molecule has 0 aliphatic heterocycles. The van der Waals surface area contributed by atoms with Crippen molar-refractivity contribution in [3.05, 3.63) is 84.2 Å². The maximum Gasteiger partial charge on any atom is 0.293 e. The monoisotopic (exact) mass is 373 g/mol. The van der Waals surface area contributed by atoms with Crippen molar-refractivity contribution in [1.29, 1.82) is 0 Å². The summed E-state index contributed by atoms with van der Waals surface area (Å²) in [7, 11) is 0. The molecule has 0 saturated heterocycles. The number of nitrogens with one attached hydrogen (secondary N) is 1. The zero-order valence-electron chi connectivity index (χ0n) is 16.1. The van der Waals surface area contributed by atoms with Gasteiger partial charge in [-0.15, -0.1) is 0 Å². The van der Waals surface area contributed by atoms with Gasteiger partial charge in [0, 0.05) is 24.2 Å². The second-order valence-electron chi connectivity index (χ2n) is 7.25. The van der Waals surface area contributed by atoms with Crippen molar-refractivity contribution in [3.8, 4) is 11.5 Å². The number of carbonyl (C=O) groups excluding carboxylic acids is 1. The number of amides is 1. The number of fused-ring (bicyclic) bond motifs is 1. The molecule has 0 unspecified atom stereocenters. The number of anilines is 1. The first-order valence-corrected chi connectivity index (χ1v) is 9.85. The Balaban J connectivity index is 1.40. The molecule has 0 saturated carbocycles. The maximum absolute atomic E-state index is 12.7. The summed E-state index contributed by atoms with van der Waals surface area (Å²) in [6.45, 7) is 1.93. The van der Waals surface area contributed by atoms with E-state index in [4.69, 9.17) is 4.74 Å². The third-order valence-electron chi connectivity index (χ3n) is 5.23. The van der Waals surface area contributed by atoms with Crippen LogP contribution >= 0.6 is 0 Å². The molecule has 0 radical (unpaired) electrons. The first-order valence-electron chi connectivity index (χ1n) is 9.85. The van der Waals surface area contributed by atoms with Crippen LogP contribution in [0.2, 0.25) is 0 Å². The van der Waals surface area contributed by atoms with Crippen molar-refractivity contribution in [2.45, 2.75) is 38.6 Å². The lowest BCUT2D eigenvalue weighted by Crippen LogP contribution is -2.44. The van der Waals surface area contributed by atoms with Crippen LogP contribution < -0.4 is 14.6 Å². The number of hydrogen-bond donors (Lipinski definition) is 1. The molecule has 1 aromatic heterocycles. The second-order valence-corrected chi connectivity index (χ2v) is 7.25. The highest BCUT2D eigenvalue weighted by atomic mass is 16.5. The number of rotatable bonds is 5. The number of benzene rings is 2. The largest absolute Gasteiger partial charge is 0.457 e. The van der Waals surface area contributed by atoms with E-state index in [-0.39, 0.29) is 11.9 Å². The van der Waals surface area contributed by atoms with E-state index >= 15 is 0 Å². The van der Waals surface area contributed by atoms with E-state index in [1.54, 1.807) is 0 Å². The van der Waals surface area contributed by atoms with Gasteiger partial charge in [0.15, 0.2) is 12.4 Å². The Kier molecular flexibility index (Phi) is 5.38. The summed E-state index contributed by atoms with van der Waals surface area (Å²) in [4.78, 5) is 12.7. The molecule has 1 atom stereocenters. The lowest BCUT2D eigenvalue weighted by molar-refractivity contribution is -0.706. The fourth-order valence-corrected chi connectivity index (χ4v) is 3.54. The van der Waals surface area contributed by atoms with E-state index in [0.717, 1.165) is 30.0 Å². The minimum Gasteiger partial charge on any atom is -0.457 e. The van der Waals surface area contributed by atoms with Gasteiger partial charge in [-0.2, -0.15) is 4.57 Å². The summed E-state index contributed by atoms with van der Waals surface area (Å²) in [5.41, 5.74) is 3.55. The molecular weight excluding hydrogens is 348 g/mol. The van der Waals surface area contributed by atoms with Crippen LogP contribution in [0.25, 0.3) is 0 Å². The molecule has 1 amide bonds. The predicted octanol–water partition coefficient (Wildman–Crippen LogP) is 4.84. The summed E-state index contributed by atoms with van der Waals surface area (Å²) < 4.78 is 7.80. The summed E-state index contributed by atoms with van der Waals surface area (Å²) >= 11 is 0. The van der Waals surface area contributed by atoms with Gasteiger partial charge in [0.25, 0.3) is 5.91 Å². The van der Waals surface area contributed by atoms with Gasteiger partial charge in [0.05, 0.1) is 0 Å². The lowest BCUT2D eigenvalue weighted by atomic mass is 9.93. The molecule has 28 heavy (non-hydrogen) atoms. The van der Waals surface area contributed by atoms with Gasteiger partial charge >= 0.3 is 0 Å². The Bertz CT molecular complexity index is 952. The first-order chi connectivity index (χ1) is 13.7. The number of ether oxygens (including phenoxy) is 1. The average molecular weight is 373 g/mol. The average Bonchev–Trinajstić information content (AvgIpc) is 2.75. The molecule has 4 nitrogen and oxygen atoms in total. The minimum atomic E-state index is -0.271. The van der Waals surface area contributed by atoms with Crippen LogP contribution in [0.1, 0.15) is 36.9 Å². The minimum absolute atomic E-state index is 0.0301. The Labute approximate surface area is 165 Å². The Hall–Kier alpha value is -3.14. The van der Waals surface area contributed by atoms with Crippen molar-refractivity contribution in [2.24, 2.45) is 0 Å². The summed E-state index contributed by atoms with van der Waals surface area (Å²) in [5.74, 6) is 1.50. The van der Waals surface area contributed by atoms with Gasteiger partial charge in [0.1, 0.15) is 11.5 Å². The Morgan fingerprint density at radius 1 is 0.929 bits per heavy atom. The van der Waals surface area contributed by atoms with Crippen molar-refractivity contribution < 1.29 is 14.1 Å². The Morgan fingerprint density at radius 3 is 2.36 bits per heavy atom. The highest BCUT2D eigenvalue weighted by molar-refractivity contribution is 5.92. The number of hydrogen-bond acceptors (Lipinski definition) is 2. The number of para-hydroxylation sites is 1. The molecule has 0 spiro atoms. The van der Waals surface area contributed by atoms with Crippen LogP contribution in [-0.2, 0) is 17.6 Å². The fourth-order valence-electron chi connectivity index (χ4n) is 3.54. The van der Waals surface area contributed by atoms with Crippen LogP contribution in [0.5, 0.6) is 11.5 Å². The van der Waals surface area contributed by atoms with Gasteiger partial charge in [0.2, 0.25) is 6.04 Å². The van der Waals surface area contributed by atoms with E-state index in [0.29, 0.717) is 0 Å². The van der Waals surface area contributed by atoms with Crippen LogP contribution in [0.4, 0.5) is 5.69 Å². The first kappa shape index (κ1) is 18.2. The number of aryl methyl sites for hydroxylation is 2. The van der Waals surface area contributed by atoms with Gasteiger partial charge in [-0.05, 0) is 67.6 Å². The molecule has 0 fully saturated rings. The molecule has 3 aromatic rings. The standard InChI is InChI=1S/C24H24N2O2/c1-18(26-16-15-19-7-5-6-8-20(19)17-26)24(27)25-21-11-13-23(14-12-21)28-22-9-3-2-4-10-22/h2-4,9-18H,5-8H2,1H3/p+1/t18-/m0/s1. The van der Waals surface area contributed by atoms with E-state index in [1.165, 1.54) is 24.0 Å². The highest BCUT2D eigenvalue weighted by Crippen LogP contribution is 2.23. The lowest BCUT2D eigenvalue weighted by Gasteiger charge is -2.15. The molecule has 0 bridgehead atoms. The molecule has 1 heterocycles. The molecule has 4 heteroatoms. The summed E-state index contributed by atoms with van der Waals surface area (Å²) in [6.07, 6.45) is 8.90. The summed E-state index contributed by atoms with van der Waals surface area (Å²) in [6, 6.07) is 19.0. The van der Waals surface area contributed by atoms with Crippen LogP contribution in [0.3, 0.4) is 0 Å². The predicted molar refractivity (Wildman–Crippen MR) is 110 cm³/mol. The molecule has 1 aliphatic rings. The smallest absolute Gasteiger partial charge is 0.293 e. The van der Waals surface area contributed by atoms with E-state index in [2.05, 4.69) is 17.6 Å². The van der Waals surface area contributed by atoms with E-state index in [1.807, 2.05) is 72.3 Å². The van der Waals surface area contributed by atoms with Crippen molar-refractivity contribution >= 4 is 11.6 Å². The van der Waals surface area contributed by atoms with Crippen molar-refractivity contribution in [3.63, 3.8) is 0 Å². The quantitative estimate of drug-likeness (QED) is 0.650. The number of carbonyl (C=O) groups is 1. The molecule has 1 N–H and O–H groups in total. The van der Waals surface area contributed by atoms with Crippen molar-refractivity contribution in [1.82, 2.24) is 0 Å². The maximum atomic E-state index is 12.7. The van der Waals surface area contributed by atoms with Crippen LogP contribution in [0, 0.1) is 0 Å². The zero-order chi connectivity index (χ0) is 19.3. The third kappa shape index (κ3) is 4.22. The van der Waals surface area contributed by atoms with Gasteiger partial charge in [-0.1, -0.05) is 18.2 Å². The molecule has 1 aliphatic carbocycles. The zero-order valence-corrected chi connectivity index (χ0v) is 16.1. The number of aromatic nitrogens is 1. The van der Waals surface area contributed by atoms with Gasteiger partial charge in [-0.3, -0.25) is 4.79 Å². The fraction of sp³-hybridized carbons (Fsp3) is 0.250. The normalized spacial score (nSPS) is 14.0. The molecule has 142 valence electrons. The van der Waals surface area contributed by atoms with Gasteiger partial charge in [-0.25, -0.2) is 0 Å². The second kappa shape index (κ2) is 8.26. The van der Waals surface area contributed by atoms with Crippen molar-refractivity contribution in [2.75, 3.05) is 5.32 Å². The summed E-state index contributed by atoms with van der Waals surface area (Å²) in [5, 5.41) is 3.00. The van der Waals surface area contributed by atoms with E-state index in [9.17, 15) is 4.79 Å². The molecule has 4 rings (SSSR count). The third-order valence-corrected chi connectivity index (χ3v) is 5.23. The Morgan fingerprint density at radius 2 is 1.61 bits per heavy atom. The topological polar surface area (TPSA) is 42.2 Å². The number of nitrogens with zero attached hydrogens (tertiary/aromatic N) is 1.